The number of aliphatic hydroxyl groups is 1. The molecule has 0 saturated carbocycles. The van der Waals surface area contributed by atoms with Crippen LogP contribution in [0.2, 0.25) is 0 Å². The lowest BCUT2D eigenvalue weighted by molar-refractivity contribution is -0.126. The molecule has 0 bridgehead atoms. The zero-order valence-electron chi connectivity index (χ0n) is 13.3. The lowest BCUT2D eigenvalue weighted by Crippen LogP contribution is -2.45. The molecule has 0 spiro atoms. The molecular formula is C16H25N3O3. The molecule has 122 valence electrons. The zero-order valence-corrected chi connectivity index (χ0v) is 13.3. The van der Waals surface area contributed by atoms with E-state index < -0.39 is 0 Å². The SMILES string of the molecule is COc1ccc(C2NNCC2C(=O)N[C@H](CO)C(C)C)cc1. The maximum atomic E-state index is 12.5. The Bertz CT molecular complexity index is 490. The van der Waals surface area contributed by atoms with Crippen molar-refractivity contribution in [2.45, 2.75) is 25.9 Å². The van der Waals surface area contributed by atoms with Crippen LogP contribution in [-0.2, 0) is 4.79 Å². The van der Waals surface area contributed by atoms with Gasteiger partial charge in [-0.1, -0.05) is 26.0 Å². The monoisotopic (exact) mass is 307 g/mol. The third-order valence-electron chi connectivity index (χ3n) is 4.12. The van der Waals surface area contributed by atoms with Crippen LogP contribution in [0.4, 0.5) is 0 Å². The van der Waals surface area contributed by atoms with Gasteiger partial charge in [0.05, 0.1) is 31.7 Å². The van der Waals surface area contributed by atoms with Gasteiger partial charge in [0.2, 0.25) is 5.91 Å². The van der Waals surface area contributed by atoms with Crippen LogP contribution in [0, 0.1) is 11.8 Å². The van der Waals surface area contributed by atoms with Gasteiger partial charge in [0.25, 0.3) is 0 Å². The first-order valence-electron chi connectivity index (χ1n) is 7.60. The van der Waals surface area contributed by atoms with E-state index in [0.717, 1.165) is 11.3 Å². The predicted molar refractivity (Wildman–Crippen MR) is 84.2 cm³/mol. The summed E-state index contributed by atoms with van der Waals surface area (Å²) in [5.41, 5.74) is 7.22. The minimum Gasteiger partial charge on any atom is -0.497 e. The van der Waals surface area contributed by atoms with E-state index in [2.05, 4.69) is 16.2 Å². The van der Waals surface area contributed by atoms with Crippen molar-refractivity contribution in [2.75, 3.05) is 20.3 Å². The molecule has 1 aromatic rings. The number of nitrogens with one attached hydrogen (secondary N) is 3. The Morgan fingerprint density at radius 2 is 2.09 bits per heavy atom. The number of amides is 1. The molecule has 0 radical (unpaired) electrons. The number of methoxy groups -OCH3 is 1. The first-order chi connectivity index (χ1) is 10.6. The summed E-state index contributed by atoms with van der Waals surface area (Å²) in [7, 11) is 1.63. The van der Waals surface area contributed by atoms with Crippen LogP contribution in [0.3, 0.4) is 0 Å². The van der Waals surface area contributed by atoms with Crippen molar-refractivity contribution in [3.63, 3.8) is 0 Å². The normalized spacial score (nSPS) is 22.6. The highest BCUT2D eigenvalue weighted by Gasteiger charge is 2.35. The standard InChI is InChI=1S/C16H25N3O3/c1-10(2)14(9-20)18-16(21)13-8-17-19-15(13)11-4-6-12(22-3)7-5-11/h4-7,10,13-15,17,19-20H,8-9H2,1-3H3,(H,18,21)/t13?,14-,15?/m1/s1. The summed E-state index contributed by atoms with van der Waals surface area (Å²) in [5.74, 6) is 0.707. The van der Waals surface area contributed by atoms with Gasteiger partial charge >= 0.3 is 0 Å². The van der Waals surface area contributed by atoms with Gasteiger partial charge in [-0.05, 0) is 23.6 Å². The maximum Gasteiger partial charge on any atom is 0.226 e. The van der Waals surface area contributed by atoms with E-state index in [-0.39, 0.29) is 36.4 Å². The number of carbonyl (C=O) groups is 1. The van der Waals surface area contributed by atoms with Crippen LogP contribution >= 0.6 is 0 Å². The topological polar surface area (TPSA) is 82.6 Å². The molecule has 6 nitrogen and oxygen atoms in total. The van der Waals surface area contributed by atoms with Crippen LogP contribution in [0.5, 0.6) is 5.75 Å². The van der Waals surface area contributed by atoms with E-state index in [1.807, 2.05) is 38.1 Å². The summed E-state index contributed by atoms with van der Waals surface area (Å²) in [6.45, 7) is 4.46. The number of hydrogen-bond acceptors (Lipinski definition) is 5. The number of ether oxygens (including phenoxy) is 1. The Labute approximate surface area is 131 Å². The first kappa shape index (κ1) is 16.7. The van der Waals surface area contributed by atoms with Crippen LogP contribution in [0.1, 0.15) is 25.5 Å². The average Bonchev–Trinajstić information content (AvgIpc) is 3.01. The molecule has 4 N–H and O–H groups in total. The average molecular weight is 307 g/mol. The minimum atomic E-state index is -0.221. The van der Waals surface area contributed by atoms with Crippen molar-refractivity contribution >= 4 is 5.91 Å². The van der Waals surface area contributed by atoms with Crippen molar-refractivity contribution in [1.29, 1.82) is 0 Å². The van der Waals surface area contributed by atoms with E-state index in [1.165, 1.54) is 0 Å². The summed E-state index contributed by atoms with van der Waals surface area (Å²) in [5, 5.41) is 12.3. The Balaban J connectivity index is 2.07. The van der Waals surface area contributed by atoms with E-state index in [4.69, 9.17) is 4.74 Å². The second-order valence-electron chi connectivity index (χ2n) is 5.92. The van der Waals surface area contributed by atoms with Crippen molar-refractivity contribution < 1.29 is 14.6 Å². The number of aliphatic hydroxyl groups excluding tert-OH is 1. The van der Waals surface area contributed by atoms with E-state index >= 15 is 0 Å². The third-order valence-corrected chi connectivity index (χ3v) is 4.12. The molecule has 3 atom stereocenters. The molecule has 1 aromatic carbocycles. The molecule has 0 aliphatic carbocycles. The molecule has 22 heavy (non-hydrogen) atoms. The molecule has 6 heteroatoms. The third kappa shape index (κ3) is 3.76. The first-order valence-corrected chi connectivity index (χ1v) is 7.60. The highest BCUT2D eigenvalue weighted by molar-refractivity contribution is 5.80. The Morgan fingerprint density at radius 3 is 2.64 bits per heavy atom. The molecule has 2 rings (SSSR count). The Morgan fingerprint density at radius 1 is 1.41 bits per heavy atom. The fourth-order valence-corrected chi connectivity index (χ4v) is 2.58. The van der Waals surface area contributed by atoms with E-state index in [9.17, 15) is 9.90 Å². The van der Waals surface area contributed by atoms with Gasteiger partial charge in [-0.25, -0.2) is 5.43 Å². The van der Waals surface area contributed by atoms with Crippen LogP contribution in [0.25, 0.3) is 0 Å². The fraction of sp³-hybridized carbons (Fsp3) is 0.562. The molecule has 1 fully saturated rings. The number of hydrazine groups is 1. The fourth-order valence-electron chi connectivity index (χ4n) is 2.58. The molecule has 2 unspecified atom stereocenters. The second kappa shape index (κ2) is 7.58. The van der Waals surface area contributed by atoms with Crippen LogP contribution < -0.4 is 20.9 Å². The summed E-state index contributed by atoms with van der Waals surface area (Å²) in [6, 6.07) is 7.36. The highest BCUT2D eigenvalue weighted by Crippen LogP contribution is 2.26. The van der Waals surface area contributed by atoms with Gasteiger partial charge in [-0.2, -0.15) is 0 Å². The maximum absolute atomic E-state index is 12.5. The van der Waals surface area contributed by atoms with Crippen LogP contribution in [0.15, 0.2) is 24.3 Å². The summed E-state index contributed by atoms with van der Waals surface area (Å²) < 4.78 is 5.16. The molecule has 1 aliphatic rings. The van der Waals surface area contributed by atoms with Crippen molar-refractivity contribution in [2.24, 2.45) is 11.8 Å². The number of hydrogen-bond donors (Lipinski definition) is 4. The molecule has 1 heterocycles. The molecular weight excluding hydrogens is 282 g/mol. The van der Waals surface area contributed by atoms with Crippen molar-refractivity contribution in [1.82, 2.24) is 16.2 Å². The number of rotatable bonds is 6. The van der Waals surface area contributed by atoms with Gasteiger partial charge in [0, 0.05) is 6.54 Å². The molecule has 0 aromatic heterocycles. The predicted octanol–water partition coefficient (Wildman–Crippen LogP) is 0.593. The largest absolute Gasteiger partial charge is 0.497 e. The van der Waals surface area contributed by atoms with Crippen molar-refractivity contribution in [3.05, 3.63) is 29.8 Å². The van der Waals surface area contributed by atoms with Gasteiger partial charge in [0.1, 0.15) is 5.75 Å². The summed E-state index contributed by atoms with van der Waals surface area (Å²) in [6.07, 6.45) is 0. The van der Waals surface area contributed by atoms with Gasteiger partial charge < -0.3 is 15.2 Å². The second-order valence-corrected chi connectivity index (χ2v) is 5.92. The zero-order chi connectivity index (χ0) is 16.1. The highest BCUT2D eigenvalue weighted by atomic mass is 16.5. The van der Waals surface area contributed by atoms with Gasteiger partial charge in [-0.3, -0.25) is 10.2 Å². The summed E-state index contributed by atoms with van der Waals surface area (Å²) >= 11 is 0. The summed E-state index contributed by atoms with van der Waals surface area (Å²) in [4.78, 5) is 12.5. The molecule has 1 aliphatic heterocycles. The lowest BCUT2D eigenvalue weighted by atomic mass is 9.93. The lowest BCUT2D eigenvalue weighted by Gasteiger charge is -2.24. The number of benzene rings is 1. The molecule has 1 saturated heterocycles. The van der Waals surface area contributed by atoms with Gasteiger partial charge in [0.15, 0.2) is 0 Å². The Hall–Kier alpha value is -1.63. The van der Waals surface area contributed by atoms with Crippen molar-refractivity contribution in [3.8, 4) is 5.75 Å². The minimum absolute atomic E-state index is 0.0499. The van der Waals surface area contributed by atoms with Crippen LogP contribution in [-0.4, -0.2) is 37.3 Å². The van der Waals surface area contributed by atoms with Gasteiger partial charge in [-0.15, -0.1) is 0 Å². The Kier molecular flexibility index (Phi) is 5.76. The van der Waals surface area contributed by atoms with E-state index in [0.29, 0.717) is 6.54 Å². The quantitative estimate of drug-likeness (QED) is 0.618. The molecule has 1 amide bonds. The van der Waals surface area contributed by atoms with E-state index in [1.54, 1.807) is 7.11 Å². The number of carbonyl (C=O) groups excluding carboxylic acids is 1. The smallest absolute Gasteiger partial charge is 0.226 e.